The predicted molar refractivity (Wildman–Crippen MR) is 79.4 cm³/mol. The number of ether oxygens (including phenoxy) is 1. The fourth-order valence-electron chi connectivity index (χ4n) is 2.78. The van der Waals surface area contributed by atoms with Crippen molar-refractivity contribution in [3.8, 4) is 0 Å². The molecule has 2 aromatic heterocycles. The predicted octanol–water partition coefficient (Wildman–Crippen LogP) is 2.95. The molecular weight excluding hydrogens is 323 g/mol. The maximum Gasteiger partial charge on any atom is 0.210 e. The quantitative estimate of drug-likeness (QED) is 0.797. The molecule has 4 rings (SSSR count). The Hall–Kier alpha value is -2.68. The van der Waals surface area contributed by atoms with E-state index >= 15 is 0 Å². The molecule has 3 heterocycles. The summed E-state index contributed by atoms with van der Waals surface area (Å²) in [5.74, 6) is -2.87. The zero-order valence-electron chi connectivity index (χ0n) is 12.3. The highest BCUT2D eigenvalue weighted by molar-refractivity contribution is 5.75. The topological polar surface area (TPSA) is 64.9 Å². The molecule has 0 bridgehead atoms. The van der Waals surface area contributed by atoms with Gasteiger partial charge in [0.2, 0.25) is 5.95 Å². The average Bonchev–Trinajstić information content (AvgIpc) is 3.17. The molecule has 1 N–H and O–H groups in total. The van der Waals surface area contributed by atoms with Gasteiger partial charge < -0.3 is 10.1 Å². The molecule has 0 unspecified atom stereocenters. The summed E-state index contributed by atoms with van der Waals surface area (Å²) < 4.78 is 48.0. The number of aromatic nitrogens is 4. The fraction of sp³-hybridized carbons (Fsp3) is 0.267. The van der Waals surface area contributed by atoms with Gasteiger partial charge >= 0.3 is 0 Å². The van der Waals surface area contributed by atoms with Gasteiger partial charge in [0.1, 0.15) is 23.3 Å². The van der Waals surface area contributed by atoms with Crippen LogP contribution in [0.2, 0.25) is 0 Å². The van der Waals surface area contributed by atoms with Crippen LogP contribution >= 0.6 is 0 Å². The zero-order chi connectivity index (χ0) is 16.7. The first-order chi connectivity index (χ1) is 11.6. The Morgan fingerprint density at radius 1 is 1.21 bits per heavy atom. The molecule has 1 aliphatic rings. The molecule has 9 heteroatoms. The van der Waals surface area contributed by atoms with E-state index in [0.717, 1.165) is 6.42 Å². The van der Waals surface area contributed by atoms with Crippen molar-refractivity contribution in [2.75, 3.05) is 18.5 Å². The lowest BCUT2D eigenvalue weighted by Gasteiger charge is -2.15. The van der Waals surface area contributed by atoms with E-state index in [0.29, 0.717) is 36.5 Å². The second-order valence-electron chi connectivity index (χ2n) is 5.42. The van der Waals surface area contributed by atoms with Crippen LogP contribution in [0.4, 0.5) is 24.8 Å². The number of hydrogen-bond donors (Lipinski definition) is 1. The number of imidazole rings is 1. The minimum atomic E-state index is -1.04. The van der Waals surface area contributed by atoms with Crippen molar-refractivity contribution >= 4 is 22.8 Å². The van der Waals surface area contributed by atoms with Crippen LogP contribution in [-0.2, 0) is 4.74 Å². The number of halogens is 3. The fourth-order valence-corrected chi connectivity index (χ4v) is 2.78. The van der Waals surface area contributed by atoms with Crippen molar-refractivity contribution in [2.24, 2.45) is 0 Å². The third-order valence-corrected chi connectivity index (χ3v) is 3.87. The van der Waals surface area contributed by atoms with Crippen LogP contribution in [-0.4, -0.2) is 32.7 Å². The van der Waals surface area contributed by atoms with Crippen LogP contribution in [0.1, 0.15) is 12.5 Å². The lowest BCUT2D eigenvalue weighted by Crippen LogP contribution is -2.13. The van der Waals surface area contributed by atoms with Crippen molar-refractivity contribution in [1.29, 1.82) is 0 Å². The lowest BCUT2D eigenvalue weighted by atomic mass is 10.2. The van der Waals surface area contributed by atoms with Crippen LogP contribution in [0.15, 0.2) is 24.7 Å². The molecule has 1 aromatic carbocycles. The smallest absolute Gasteiger partial charge is 0.210 e. The van der Waals surface area contributed by atoms with E-state index in [4.69, 9.17) is 4.74 Å². The van der Waals surface area contributed by atoms with Crippen molar-refractivity contribution < 1.29 is 17.9 Å². The third-order valence-electron chi connectivity index (χ3n) is 3.87. The summed E-state index contributed by atoms with van der Waals surface area (Å²) in [5, 5.41) is 2.61. The molecule has 3 aromatic rings. The first kappa shape index (κ1) is 14.9. The molecule has 1 fully saturated rings. The normalized spacial score (nSPS) is 17.5. The number of rotatable bonds is 3. The summed E-state index contributed by atoms with van der Waals surface area (Å²) in [5.41, 5.74) is 0.542. The standard InChI is InChI=1S/C15H12F3N5O/c16-8-3-10(17)13(11(18)4-8)22-15-21-12-5-19-7-20-14(12)23(15)9-1-2-24-6-9/h3-5,7,9H,1-2,6H2,(H,21,22)/t9-/m0/s1. The van der Waals surface area contributed by atoms with Gasteiger partial charge in [-0.05, 0) is 6.42 Å². The van der Waals surface area contributed by atoms with Gasteiger partial charge in [-0.15, -0.1) is 0 Å². The van der Waals surface area contributed by atoms with E-state index in [-0.39, 0.29) is 12.0 Å². The van der Waals surface area contributed by atoms with Gasteiger partial charge in [0.25, 0.3) is 0 Å². The molecule has 1 aliphatic heterocycles. The number of nitrogens with one attached hydrogen (secondary N) is 1. The summed E-state index contributed by atoms with van der Waals surface area (Å²) in [6.07, 6.45) is 3.61. The van der Waals surface area contributed by atoms with Gasteiger partial charge in [-0.25, -0.2) is 28.1 Å². The Kier molecular flexibility index (Phi) is 3.57. The number of hydrogen-bond acceptors (Lipinski definition) is 5. The van der Waals surface area contributed by atoms with E-state index in [1.165, 1.54) is 12.5 Å². The zero-order valence-corrected chi connectivity index (χ0v) is 12.3. The molecule has 6 nitrogen and oxygen atoms in total. The second-order valence-corrected chi connectivity index (χ2v) is 5.42. The molecule has 0 amide bonds. The summed E-state index contributed by atoms with van der Waals surface area (Å²) in [6.45, 7) is 1.02. The van der Waals surface area contributed by atoms with Crippen molar-refractivity contribution in [3.63, 3.8) is 0 Å². The van der Waals surface area contributed by atoms with Crippen molar-refractivity contribution in [2.45, 2.75) is 12.5 Å². The lowest BCUT2D eigenvalue weighted by molar-refractivity contribution is 0.187. The van der Waals surface area contributed by atoms with E-state index < -0.39 is 23.1 Å². The van der Waals surface area contributed by atoms with Crippen LogP contribution in [0.25, 0.3) is 11.2 Å². The first-order valence-electron chi connectivity index (χ1n) is 7.30. The Bertz CT molecular complexity index is 884. The maximum atomic E-state index is 13.9. The number of anilines is 2. The van der Waals surface area contributed by atoms with Crippen LogP contribution < -0.4 is 5.32 Å². The van der Waals surface area contributed by atoms with Gasteiger partial charge in [-0.1, -0.05) is 0 Å². The van der Waals surface area contributed by atoms with Gasteiger partial charge in [0.05, 0.1) is 18.8 Å². The summed E-state index contributed by atoms with van der Waals surface area (Å²) in [4.78, 5) is 12.4. The molecule has 1 saturated heterocycles. The van der Waals surface area contributed by atoms with Crippen LogP contribution in [0.3, 0.4) is 0 Å². The summed E-state index contributed by atoms with van der Waals surface area (Å²) in [6, 6.07) is 1.15. The molecule has 0 saturated carbocycles. The Labute approximate surface area is 134 Å². The summed E-state index contributed by atoms with van der Waals surface area (Å²) >= 11 is 0. The van der Waals surface area contributed by atoms with E-state index in [2.05, 4.69) is 20.3 Å². The van der Waals surface area contributed by atoms with Crippen molar-refractivity contribution in [3.05, 3.63) is 42.1 Å². The number of benzene rings is 1. The Morgan fingerprint density at radius 3 is 2.71 bits per heavy atom. The van der Waals surface area contributed by atoms with Gasteiger partial charge in [-0.3, -0.25) is 4.57 Å². The van der Waals surface area contributed by atoms with Gasteiger partial charge in [0.15, 0.2) is 17.3 Å². The molecular formula is C15H12F3N5O. The van der Waals surface area contributed by atoms with Gasteiger partial charge in [-0.2, -0.15) is 0 Å². The van der Waals surface area contributed by atoms with E-state index in [1.807, 2.05) is 0 Å². The largest absolute Gasteiger partial charge is 0.379 e. The first-order valence-corrected chi connectivity index (χ1v) is 7.30. The highest BCUT2D eigenvalue weighted by atomic mass is 19.1. The van der Waals surface area contributed by atoms with E-state index in [1.54, 1.807) is 4.57 Å². The number of fused-ring (bicyclic) bond motifs is 1. The minimum absolute atomic E-state index is 0.0704. The monoisotopic (exact) mass is 335 g/mol. The second kappa shape index (κ2) is 5.75. The summed E-state index contributed by atoms with van der Waals surface area (Å²) in [7, 11) is 0. The average molecular weight is 335 g/mol. The molecule has 0 spiro atoms. The molecule has 124 valence electrons. The third kappa shape index (κ3) is 2.46. The maximum absolute atomic E-state index is 13.9. The van der Waals surface area contributed by atoms with E-state index in [9.17, 15) is 13.2 Å². The molecule has 0 aliphatic carbocycles. The number of nitrogens with zero attached hydrogens (tertiary/aromatic N) is 4. The van der Waals surface area contributed by atoms with Gasteiger partial charge in [0, 0.05) is 18.7 Å². The Balaban J connectivity index is 1.83. The molecule has 1 atom stereocenters. The van der Waals surface area contributed by atoms with Crippen LogP contribution in [0, 0.1) is 17.5 Å². The SMILES string of the molecule is Fc1cc(F)c(Nc2nc3cncnc3n2[C@H]2CCOC2)c(F)c1. The molecule has 24 heavy (non-hydrogen) atoms. The van der Waals surface area contributed by atoms with Crippen LogP contribution in [0.5, 0.6) is 0 Å². The highest BCUT2D eigenvalue weighted by Crippen LogP contribution is 2.31. The highest BCUT2D eigenvalue weighted by Gasteiger charge is 2.25. The Morgan fingerprint density at radius 2 is 2.00 bits per heavy atom. The molecule has 0 radical (unpaired) electrons. The van der Waals surface area contributed by atoms with Crippen molar-refractivity contribution in [1.82, 2.24) is 19.5 Å². The minimum Gasteiger partial charge on any atom is -0.379 e.